The summed E-state index contributed by atoms with van der Waals surface area (Å²) in [7, 11) is 0. The molecule has 3 heterocycles. The molecule has 1 aliphatic heterocycles. The van der Waals surface area contributed by atoms with E-state index in [4.69, 9.17) is 9.72 Å². The monoisotopic (exact) mass is 469 g/mol. The van der Waals surface area contributed by atoms with E-state index in [1.807, 2.05) is 12.3 Å². The molecule has 1 N–H and O–H groups in total. The summed E-state index contributed by atoms with van der Waals surface area (Å²) < 4.78 is 8.73. The van der Waals surface area contributed by atoms with Crippen LogP contribution < -0.4 is 5.32 Å². The van der Waals surface area contributed by atoms with Gasteiger partial charge < -0.3 is 10.1 Å². The van der Waals surface area contributed by atoms with Gasteiger partial charge in [-0.3, -0.25) is 9.30 Å². The van der Waals surface area contributed by atoms with Crippen LogP contribution in [0.4, 0.5) is 5.82 Å². The van der Waals surface area contributed by atoms with Crippen molar-refractivity contribution in [3.05, 3.63) is 46.7 Å². The second kappa shape index (κ2) is 9.04. The van der Waals surface area contributed by atoms with Crippen molar-refractivity contribution in [1.29, 1.82) is 0 Å². The van der Waals surface area contributed by atoms with Gasteiger partial charge >= 0.3 is 0 Å². The number of nitrogens with one attached hydrogen (secondary N) is 1. The fraction of sp³-hybridized carbons (Fsp3) is 0.478. The van der Waals surface area contributed by atoms with Gasteiger partial charge in [-0.1, -0.05) is 41.3 Å². The van der Waals surface area contributed by atoms with Crippen molar-refractivity contribution in [2.45, 2.75) is 44.7 Å². The van der Waals surface area contributed by atoms with E-state index in [2.05, 4.69) is 59.9 Å². The van der Waals surface area contributed by atoms with Gasteiger partial charge in [-0.15, -0.1) is 0 Å². The summed E-state index contributed by atoms with van der Waals surface area (Å²) in [5, 5.41) is 3.83. The van der Waals surface area contributed by atoms with Crippen LogP contribution in [0.15, 0.2) is 41.1 Å². The van der Waals surface area contributed by atoms with E-state index in [-0.39, 0.29) is 0 Å². The quantitative estimate of drug-likeness (QED) is 0.584. The van der Waals surface area contributed by atoms with E-state index < -0.39 is 0 Å². The first kappa shape index (κ1) is 20.0. The van der Waals surface area contributed by atoms with Crippen molar-refractivity contribution in [2.75, 3.05) is 31.6 Å². The Morgan fingerprint density at radius 3 is 2.80 bits per heavy atom. The van der Waals surface area contributed by atoms with Crippen LogP contribution in [0.2, 0.25) is 0 Å². The Morgan fingerprint density at radius 1 is 1.13 bits per heavy atom. The Kier molecular flexibility index (Phi) is 6.02. The summed E-state index contributed by atoms with van der Waals surface area (Å²) in [6.07, 6.45) is 10.2. The number of nitrogens with zero attached hydrogens (tertiary/aromatic N) is 4. The summed E-state index contributed by atoms with van der Waals surface area (Å²) in [6.45, 7) is 4.42. The summed E-state index contributed by atoms with van der Waals surface area (Å²) in [4.78, 5) is 11.9. The summed E-state index contributed by atoms with van der Waals surface area (Å²) in [6, 6.07) is 9.00. The molecular weight excluding hydrogens is 442 g/mol. The number of aromatic nitrogens is 3. The fourth-order valence-electron chi connectivity index (χ4n) is 4.58. The number of hydrogen-bond acceptors (Lipinski definition) is 5. The van der Waals surface area contributed by atoms with Crippen LogP contribution >= 0.6 is 15.9 Å². The molecule has 5 rings (SSSR count). The third-order valence-corrected chi connectivity index (χ3v) is 6.66. The lowest BCUT2D eigenvalue weighted by molar-refractivity contribution is 0.0342. The van der Waals surface area contributed by atoms with E-state index in [0.29, 0.717) is 6.04 Å². The molecule has 0 bridgehead atoms. The van der Waals surface area contributed by atoms with Crippen molar-refractivity contribution in [3.63, 3.8) is 0 Å². The molecule has 1 aromatic carbocycles. The molecule has 2 aromatic heterocycles. The minimum Gasteiger partial charge on any atom is -0.379 e. The van der Waals surface area contributed by atoms with Crippen LogP contribution in [0.1, 0.15) is 37.7 Å². The van der Waals surface area contributed by atoms with E-state index in [0.717, 1.165) is 54.6 Å². The highest BCUT2D eigenvalue weighted by Crippen LogP contribution is 2.34. The minimum absolute atomic E-state index is 0.496. The standard InChI is InChI=1S/C23H28BrN5O/c24-18-7-8-20(17(15-18)16-28-11-13-30-14-12-28)21-22(26-19-5-2-1-3-6-19)29-10-4-9-25-23(29)27-21/h4,7-10,15,19,26H,1-3,5-6,11-14,16H2. The number of halogens is 1. The zero-order valence-corrected chi connectivity index (χ0v) is 18.8. The second-order valence-corrected chi connectivity index (χ2v) is 9.18. The Balaban J connectivity index is 1.56. The lowest BCUT2D eigenvalue weighted by Gasteiger charge is -2.28. The van der Waals surface area contributed by atoms with Gasteiger partial charge in [0.05, 0.1) is 13.2 Å². The molecule has 1 aliphatic carbocycles. The Labute approximate surface area is 185 Å². The highest BCUT2D eigenvalue weighted by molar-refractivity contribution is 9.10. The number of fused-ring (bicyclic) bond motifs is 1. The van der Waals surface area contributed by atoms with Gasteiger partial charge in [0.2, 0.25) is 5.78 Å². The molecule has 7 heteroatoms. The van der Waals surface area contributed by atoms with Crippen LogP contribution in [0, 0.1) is 0 Å². The molecular formula is C23H28BrN5O. The summed E-state index contributed by atoms with van der Waals surface area (Å²) >= 11 is 3.67. The summed E-state index contributed by atoms with van der Waals surface area (Å²) in [5.74, 6) is 1.81. The number of hydrogen-bond donors (Lipinski definition) is 1. The van der Waals surface area contributed by atoms with Gasteiger partial charge in [0.15, 0.2) is 0 Å². The molecule has 3 aromatic rings. The predicted octanol–water partition coefficient (Wildman–Crippen LogP) is 4.74. The van der Waals surface area contributed by atoms with E-state index in [1.54, 1.807) is 0 Å². The number of benzene rings is 1. The van der Waals surface area contributed by atoms with Crippen molar-refractivity contribution < 1.29 is 4.74 Å². The second-order valence-electron chi connectivity index (χ2n) is 8.27. The van der Waals surface area contributed by atoms with Gasteiger partial charge in [0, 0.05) is 48.1 Å². The normalized spacial score (nSPS) is 18.7. The summed E-state index contributed by atoms with van der Waals surface area (Å²) in [5.41, 5.74) is 3.45. The molecule has 0 unspecified atom stereocenters. The third-order valence-electron chi connectivity index (χ3n) is 6.17. The highest BCUT2D eigenvalue weighted by Gasteiger charge is 2.22. The number of rotatable bonds is 5. The van der Waals surface area contributed by atoms with Crippen LogP contribution in [0.25, 0.3) is 17.0 Å². The number of imidazole rings is 1. The van der Waals surface area contributed by atoms with Crippen molar-refractivity contribution >= 4 is 27.5 Å². The average Bonchev–Trinajstić information content (AvgIpc) is 3.13. The van der Waals surface area contributed by atoms with Crippen molar-refractivity contribution in [1.82, 2.24) is 19.3 Å². The Bertz CT molecular complexity index is 1010. The van der Waals surface area contributed by atoms with Gasteiger partial charge in [0.1, 0.15) is 11.5 Å². The van der Waals surface area contributed by atoms with Crippen LogP contribution in [-0.2, 0) is 11.3 Å². The van der Waals surface area contributed by atoms with E-state index >= 15 is 0 Å². The largest absolute Gasteiger partial charge is 0.379 e. The third kappa shape index (κ3) is 4.24. The molecule has 0 spiro atoms. The molecule has 2 fully saturated rings. The molecule has 0 radical (unpaired) electrons. The molecule has 2 aliphatic rings. The first-order valence-corrected chi connectivity index (χ1v) is 11.8. The molecule has 0 atom stereocenters. The topological polar surface area (TPSA) is 54.7 Å². The zero-order chi connectivity index (χ0) is 20.3. The smallest absolute Gasteiger partial charge is 0.235 e. The van der Waals surface area contributed by atoms with Crippen LogP contribution in [-0.4, -0.2) is 51.6 Å². The Hall–Kier alpha value is -1.96. The molecule has 158 valence electrons. The first-order chi connectivity index (χ1) is 14.8. The van der Waals surface area contributed by atoms with Gasteiger partial charge in [-0.25, -0.2) is 9.97 Å². The molecule has 1 saturated carbocycles. The van der Waals surface area contributed by atoms with Gasteiger partial charge in [0.25, 0.3) is 0 Å². The van der Waals surface area contributed by atoms with Gasteiger partial charge in [-0.05, 0) is 36.6 Å². The minimum atomic E-state index is 0.496. The molecule has 1 saturated heterocycles. The number of morpholine rings is 1. The lowest BCUT2D eigenvalue weighted by atomic mass is 9.95. The highest BCUT2D eigenvalue weighted by atomic mass is 79.9. The van der Waals surface area contributed by atoms with E-state index in [9.17, 15) is 0 Å². The number of ether oxygens (including phenoxy) is 1. The average molecular weight is 470 g/mol. The molecule has 30 heavy (non-hydrogen) atoms. The maximum Gasteiger partial charge on any atom is 0.235 e. The van der Waals surface area contributed by atoms with Crippen LogP contribution in [0.3, 0.4) is 0 Å². The maximum absolute atomic E-state index is 5.53. The fourth-order valence-corrected chi connectivity index (χ4v) is 4.99. The van der Waals surface area contributed by atoms with Gasteiger partial charge in [-0.2, -0.15) is 0 Å². The first-order valence-electron chi connectivity index (χ1n) is 11.0. The SMILES string of the molecule is Brc1ccc(-c2nc3ncccn3c2NC2CCCCC2)c(CN2CCOCC2)c1. The maximum atomic E-state index is 5.53. The lowest BCUT2D eigenvalue weighted by Crippen LogP contribution is -2.35. The van der Waals surface area contributed by atoms with Crippen molar-refractivity contribution in [3.8, 4) is 11.3 Å². The molecule has 0 amide bonds. The van der Waals surface area contributed by atoms with E-state index in [1.165, 1.54) is 43.2 Å². The Morgan fingerprint density at radius 2 is 1.97 bits per heavy atom. The number of anilines is 1. The predicted molar refractivity (Wildman–Crippen MR) is 123 cm³/mol. The van der Waals surface area contributed by atoms with Crippen LogP contribution in [0.5, 0.6) is 0 Å². The molecule has 6 nitrogen and oxygen atoms in total. The van der Waals surface area contributed by atoms with Crippen molar-refractivity contribution in [2.24, 2.45) is 0 Å². The zero-order valence-electron chi connectivity index (χ0n) is 17.2.